The molecule has 0 aromatic carbocycles. The third kappa shape index (κ3) is 4.11. The summed E-state index contributed by atoms with van der Waals surface area (Å²) in [5, 5.41) is 8.72. The third-order valence-electron chi connectivity index (χ3n) is 6.57. The van der Waals surface area contributed by atoms with E-state index >= 15 is 0 Å². The van der Waals surface area contributed by atoms with Crippen molar-refractivity contribution in [1.29, 1.82) is 0 Å². The minimum absolute atomic E-state index is 0.221. The molecule has 0 bridgehead atoms. The van der Waals surface area contributed by atoms with Crippen molar-refractivity contribution in [3.63, 3.8) is 0 Å². The number of nitrogens with one attached hydrogen (secondary N) is 2. The summed E-state index contributed by atoms with van der Waals surface area (Å²) in [6.07, 6.45) is 8.20. The van der Waals surface area contributed by atoms with Gasteiger partial charge in [-0.05, 0) is 36.6 Å². The van der Waals surface area contributed by atoms with Gasteiger partial charge in [-0.15, -0.1) is 0 Å². The molecule has 176 valence electrons. The quantitative estimate of drug-likeness (QED) is 0.307. The fourth-order valence-electron chi connectivity index (χ4n) is 4.56. The summed E-state index contributed by atoms with van der Waals surface area (Å²) in [6, 6.07) is 6.91. The van der Waals surface area contributed by atoms with E-state index in [-0.39, 0.29) is 11.4 Å². The molecule has 0 spiro atoms. The number of hydrogen-bond acceptors (Lipinski definition) is 7. The number of hydrogen-bond donors (Lipinski definition) is 4. The van der Waals surface area contributed by atoms with E-state index in [4.69, 9.17) is 11.5 Å². The number of fused-ring (bicyclic) bond motifs is 1. The molecule has 0 unspecified atom stereocenters. The molecule has 1 amide bonds. The van der Waals surface area contributed by atoms with Gasteiger partial charge in [-0.2, -0.15) is 9.49 Å². The number of halogens is 1. The van der Waals surface area contributed by atoms with Gasteiger partial charge in [-0.1, -0.05) is 0 Å². The lowest BCUT2D eigenvalue weighted by Crippen LogP contribution is -2.50. The second kappa shape index (κ2) is 8.84. The number of carbonyl (C=O) groups excluding carboxylic acids is 1. The molecular weight excluding hydrogens is 437 g/mol. The summed E-state index contributed by atoms with van der Waals surface area (Å²) < 4.78 is 15.3. The number of amides is 1. The topological polar surface area (TPSA) is 144 Å². The van der Waals surface area contributed by atoms with Crippen LogP contribution in [0.4, 0.5) is 15.9 Å². The highest BCUT2D eigenvalue weighted by Crippen LogP contribution is 2.32. The number of aromatic amines is 1. The summed E-state index contributed by atoms with van der Waals surface area (Å²) in [6.45, 7) is 2.80. The van der Waals surface area contributed by atoms with Gasteiger partial charge in [0.05, 0.1) is 5.54 Å². The monoisotopic (exact) mass is 463 g/mol. The molecule has 0 aliphatic carbocycles. The lowest BCUT2D eigenvalue weighted by Gasteiger charge is -2.41. The maximum absolute atomic E-state index is 13.5. The van der Waals surface area contributed by atoms with Gasteiger partial charge in [-0.3, -0.25) is 14.4 Å². The van der Waals surface area contributed by atoms with Gasteiger partial charge in [-0.25, -0.2) is 9.97 Å². The number of rotatable bonds is 7. The Hall–Kier alpha value is -3.83. The highest BCUT2D eigenvalue weighted by molar-refractivity contribution is 5.98. The predicted molar refractivity (Wildman–Crippen MR) is 126 cm³/mol. The molecule has 4 aromatic heterocycles. The maximum Gasteiger partial charge on any atom is 0.254 e. The number of aromatic nitrogens is 5. The lowest BCUT2D eigenvalue weighted by atomic mass is 9.87. The lowest BCUT2D eigenvalue weighted by molar-refractivity contribution is 0.0985. The van der Waals surface area contributed by atoms with E-state index in [2.05, 4.69) is 30.3 Å². The Morgan fingerprint density at radius 3 is 2.74 bits per heavy atom. The molecular formula is C23H26FN9O. The van der Waals surface area contributed by atoms with E-state index in [9.17, 15) is 9.18 Å². The van der Waals surface area contributed by atoms with Crippen LogP contribution in [0.3, 0.4) is 0 Å². The zero-order chi connectivity index (χ0) is 23.7. The minimum Gasteiger partial charge on any atom is -0.365 e. The summed E-state index contributed by atoms with van der Waals surface area (Å²) in [7, 11) is 0. The smallest absolute Gasteiger partial charge is 0.254 e. The first-order chi connectivity index (χ1) is 16.5. The van der Waals surface area contributed by atoms with E-state index < -0.39 is 17.4 Å². The van der Waals surface area contributed by atoms with E-state index in [1.807, 2.05) is 24.5 Å². The number of piperidine rings is 1. The van der Waals surface area contributed by atoms with Crippen LogP contribution < -0.4 is 16.8 Å². The fraction of sp³-hybridized carbons (Fsp3) is 0.304. The zero-order valence-corrected chi connectivity index (χ0v) is 18.5. The Bertz CT molecular complexity index is 1320. The second-order valence-corrected chi connectivity index (χ2v) is 8.61. The number of nitrogens with zero attached hydrogens (tertiary/aromatic N) is 5. The maximum atomic E-state index is 13.5. The zero-order valence-electron chi connectivity index (χ0n) is 18.5. The number of nitrogens with two attached hydrogens (primary N) is 2. The standard InChI is InChI=1S/C23H26FN9O/c24-19-11-16(2-7-27-19)30-22-18(20(26)34)13-33(31-22)23(14-25)4-9-32(10-5-23)12-15-1-6-28-21-17(15)3-8-29-21/h1-3,6-8,11,13H,4-5,9-10,12,14,25H2,(H2,26,34)(H,28,29)(H,27,30,31). The van der Waals surface area contributed by atoms with E-state index in [1.165, 1.54) is 17.8 Å². The van der Waals surface area contributed by atoms with Crippen LogP contribution in [0.25, 0.3) is 11.0 Å². The van der Waals surface area contributed by atoms with Crippen molar-refractivity contribution in [3.05, 3.63) is 66.1 Å². The number of carbonyl (C=O) groups is 1. The third-order valence-corrected chi connectivity index (χ3v) is 6.57. The molecule has 11 heteroatoms. The molecule has 0 radical (unpaired) electrons. The first-order valence-corrected chi connectivity index (χ1v) is 11.1. The van der Waals surface area contributed by atoms with Gasteiger partial charge in [0.1, 0.15) is 11.2 Å². The van der Waals surface area contributed by atoms with Gasteiger partial charge in [0.2, 0.25) is 5.95 Å². The average Bonchev–Trinajstić information content (AvgIpc) is 3.48. The number of pyridine rings is 2. The molecule has 1 aliphatic heterocycles. The van der Waals surface area contributed by atoms with Crippen molar-refractivity contribution >= 4 is 28.4 Å². The molecule has 1 aliphatic rings. The number of H-pyrrole nitrogens is 1. The second-order valence-electron chi connectivity index (χ2n) is 8.61. The van der Waals surface area contributed by atoms with Crippen molar-refractivity contribution in [2.45, 2.75) is 24.9 Å². The molecule has 0 atom stereocenters. The van der Waals surface area contributed by atoms with Gasteiger partial charge >= 0.3 is 0 Å². The first-order valence-electron chi connectivity index (χ1n) is 11.1. The van der Waals surface area contributed by atoms with Gasteiger partial charge < -0.3 is 21.8 Å². The van der Waals surface area contributed by atoms with Crippen LogP contribution in [0.5, 0.6) is 0 Å². The Morgan fingerprint density at radius 2 is 2.00 bits per heavy atom. The van der Waals surface area contributed by atoms with E-state index in [0.717, 1.165) is 43.5 Å². The first kappa shape index (κ1) is 22.0. The molecule has 10 nitrogen and oxygen atoms in total. The fourth-order valence-corrected chi connectivity index (χ4v) is 4.56. The highest BCUT2D eigenvalue weighted by Gasteiger charge is 2.37. The minimum atomic E-state index is -0.637. The SMILES string of the molecule is NCC1(n2cc(C(N)=O)c(Nc3ccnc(F)c3)n2)CCN(Cc2ccnc3[nH]ccc23)CC1. The summed E-state index contributed by atoms with van der Waals surface area (Å²) in [4.78, 5) is 25.5. The van der Waals surface area contributed by atoms with Crippen molar-refractivity contribution in [3.8, 4) is 0 Å². The highest BCUT2D eigenvalue weighted by atomic mass is 19.1. The van der Waals surface area contributed by atoms with Crippen LogP contribution >= 0.6 is 0 Å². The normalized spacial score (nSPS) is 16.1. The van der Waals surface area contributed by atoms with Crippen molar-refractivity contribution in [1.82, 2.24) is 29.6 Å². The molecule has 4 aromatic rings. The molecule has 5 heterocycles. The Labute approximate surface area is 195 Å². The van der Waals surface area contributed by atoms with Gasteiger partial charge in [0.25, 0.3) is 5.91 Å². The molecule has 6 N–H and O–H groups in total. The number of anilines is 2. The molecule has 34 heavy (non-hydrogen) atoms. The molecule has 1 fully saturated rings. The largest absolute Gasteiger partial charge is 0.365 e. The molecule has 1 saturated heterocycles. The average molecular weight is 464 g/mol. The summed E-state index contributed by atoms with van der Waals surface area (Å²) >= 11 is 0. The Balaban J connectivity index is 1.35. The summed E-state index contributed by atoms with van der Waals surface area (Å²) in [5.74, 6) is -0.997. The van der Waals surface area contributed by atoms with Crippen LogP contribution in [0, 0.1) is 5.95 Å². The van der Waals surface area contributed by atoms with Gasteiger partial charge in [0.15, 0.2) is 5.82 Å². The predicted octanol–water partition coefficient (Wildman–Crippen LogP) is 2.09. The molecule has 0 saturated carbocycles. The summed E-state index contributed by atoms with van der Waals surface area (Å²) in [5.41, 5.74) is 14.1. The van der Waals surface area contributed by atoms with Crippen molar-refractivity contribution in [2.24, 2.45) is 11.5 Å². The van der Waals surface area contributed by atoms with Crippen LogP contribution in [0.1, 0.15) is 28.8 Å². The Morgan fingerprint density at radius 1 is 1.21 bits per heavy atom. The van der Waals surface area contributed by atoms with Crippen LogP contribution in [0.2, 0.25) is 0 Å². The van der Waals surface area contributed by atoms with Crippen LogP contribution in [-0.2, 0) is 12.1 Å². The van der Waals surface area contributed by atoms with Crippen LogP contribution in [-0.4, -0.2) is 55.2 Å². The van der Waals surface area contributed by atoms with E-state index in [1.54, 1.807) is 16.9 Å². The number of primary amides is 1. The number of likely N-dealkylation sites (tertiary alicyclic amines) is 1. The Kier molecular flexibility index (Phi) is 5.72. The van der Waals surface area contributed by atoms with Crippen molar-refractivity contribution in [2.75, 3.05) is 25.0 Å². The van der Waals surface area contributed by atoms with Crippen LogP contribution in [0.15, 0.2) is 49.1 Å². The van der Waals surface area contributed by atoms with Gasteiger partial charge in [0, 0.05) is 68.1 Å². The van der Waals surface area contributed by atoms with E-state index in [0.29, 0.717) is 12.2 Å². The molecule has 5 rings (SSSR count). The van der Waals surface area contributed by atoms with Crippen molar-refractivity contribution < 1.29 is 9.18 Å².